The molecule has 0 bridgehead atoms. The van der Waals surface area contributed by atoms with Crippen molar-refractivity contribution in [3.63, 3.8) is 0 Å². The van der Waals surface area contributed by atoms with Gasteiger partial charge in [-0.15, -0.1) is 0 Å². The molecule has 1 aliphatic rings. The predicted molar refractivity (Wildman–Crippen MR) is 129 cm³/mol. The standard InChI is InChI=1S/C24H27ClN4O2S/c1-31-21-8-4-18(5-9-21)15-23(30)26-16-19-10-12-29(13-11-19)24-27-22(28-32-24)14-17-2-6-20(25)7-3-17/h2-9,19H,10-16H2,1H3,(H,26,30). The van der Waals surface area contributed by atoms with Crippen molar-refractivity contribution in [2.45, 2.75) is 25.7 Å². The molecule has 0 unspecified atom stereocenters. The first-order chi connectivity index (χ1) is 15.6. The molecule has 8 heteroatoms. The number of halogens is 1. The second kappa shape index (κ2) is 10.8. The Morgan fingerprint density at radius 3 is 2.50 bits per heavy atom. The summed E-state index contributed by atoms with van der Waals surface area (Å²) in [5, 5.41) is 4.81. The van der Waals surface area contributed by atoms with Crippen molar-refractivity contribution in [2.24, 2.45) is 5.92 Å². The molecule has 0 saturated carbocycles. The minimum absolute atomic E-state index is 0.0635. The minimum Gasteiger partial charge on any atom is -0.497 e. The molecule has 32 heavy (non-hydrogen) atoms. The van der Waals surface area contributed by atoms with Crippen molar-refractivity contribution in [1.29, 1.82) is 0 Å². The zero-order valence-corrected chi connectivity index (χ0v) is 19.7. The zero-order valence-electron chi connectivity index (χ0n) is 18.1. The molecular formula is C24H27ClN4O2S. The van der Waals surface area contributed by atoms with Gasteiger partial charge in [-0.2, -0.15) is 4.37 Å². The molecule has 0 atom stereocenters. The van der Waals surface area contributed by atoms with E-state index in [1.165, 1.54) is 11.5 Å². The Morgan fingerprint density at radius 2 is 1.81 bits per heavy atom. The third-order valence-electron chi connectivity index (χ3n) is 5.73. The molecule has 0 aliphatic carbocycles. The van der Waals surface area contributed by atoms with E-state index in [2.05, 4.69) is 14.6 Å². The largest absolute Gasteiger partial charge is 0.497 e. The van der Waals surface area contributed by atoms with E-state index < -0.39 is 0 Å². The highest BCUT2D eigenvalue weighted by Crippen LogP contribution is 2.25. The molecule has 0 radical (unpaired) electrons. The molecule has 1 aromatic heterocycles. The van der Waals surface area contributed by atoms with Crippen molar-refractivity contribution in [1.82, 2.24) is 14.7 Å². The number of amides is 1. The number of nitrogens with zero attached hydrogens (tertiary/aromatic N) is 3. The van der Waals surface area contributed by atoms with Gasteiger partial charge in [0.2, 0.25) is 11.0 Å². The van der Waals surface area contributed by atoms with Gasteiger partial charge in [0.15, 0.2) is 0 Å². The van der Waals surface area contributed by atoms with Crippen LogP contribution >= 0.6 is 23.1 Å². The van der Waals surface area contributed by atoms with E-state index >= 15 is 0 Å². The van der Waals surface area contributed by atoms with Gasteiger partial charge in [0.25, 0.3) is 0 Å². The van der Waals surface area contributed by atoms with Crippen molar-refractivity contribution in [2.75, 3.05) is 31.6 Å². The van der Waals surface area contributed by atoms with Crippen LogP contribution in [0.5, 0.6) is 5.75 Å². The molecule has 168 valence electrons. The number of methoxy groups -OCH3 is 1. The first-order valence-corrected chi connectivity index (χ1v) is 12.0. The van der Waals surface area contributed by atoms with E-state index in [1.54, 1.807) is 7.11 Å². The normalized spacial score (nSPS) is 14.4. The summed E-state index contributed by atoms with van der Waals surface area (Å²) < 4.78 is 9.69. The summed E-state index contributed by atoms with van der Waals surface area (Å²) in [5.74, 6) is 2.20. The molecule has 6 nitrogen and oxygen atoms in total. The molecular weight excluding hydrogens is 444 g/mol. The number of hydrogen-bond donors (Lipinski definition) is 1. The quantitative estimate of drug-likeness (QED) is 0.529. The molecule has 1 amide bonds. The minimum atomic E-state index is 0.0635. The lowest BCUT2D eigenvalue weighted by atomic mass is 9.97. The Morgan fingerprint density at radius 1 is 1.12 bits per heavy atom. The number of piperidine rings is 1. The van der Waals surface area contributed by atoms with Crippen LogP contribution in [0.3, 0.4) is 0 Å². The van der Waals surface area contributed by atoms with Crippen LogP contribution in [0.1, 0.15) is 29.8 Å². The van der Waals surface area contributed by atoms with Gasteiger partial charge in [-0.05, 0) is 54.2 Å². The van der Waals surface area contributed by atoms with Crippen LogP contribution in [-0.2, 0) is 17.6 Å². The fourth-order valence-electron chi connectivity index (χ4n) is 3.81. The molecule has 3 aromatic rings. The van der Waals surface area contributed by atoms with Crippen LogP contribution in [0.25, 0.3) is 0 Å². The Labute approximate surface area is 197 Å². The first-order valence-electron chi connectivity index (χ1n) is 10.8. The zero-order chi connectivity index (χ0) is 22.3. The van der Waals surface area contributed by atoms with Gasteiger partial charge in [-0.1, -0.05) is 35.9 Å². The third-order valence-corrected chi connectivity index (χ3v) is 6.80. The van der Waals surface area contributed by atoms with E-state index in [0.29, 0.717) is 18.8 Å². The molecule has 1 saturated heterocycles. The maximum absolute atomic E-state index is 12.3. The highest BCUT2D eigenvalue weighted by molar-refractivity contribution is 7.09. The molecule has 1 aliphatic heterocycles. The molecule has 2 heterocycles. The summed E-state index contributed by atoms with van der Waals surface area (Å²) in [7, 11) is 1.64. The van der Waals surface area contributed by atoms with Crippen molar-refractivity contribution < 1.29 is 9.53 Å². The van der Waals surface area contributed by atoms with Gasteiger partial charge in [-0.25, -0.2) is 4.98 Å². The number of hydrogen-bond acceptors (Lipinski definition) is 6. The lowest BCUT2D eigenvalue weighted by molar-refractivity contribution is -0.120. The highest BCUT2D eigenvalue weighted by atomic mass is 35.5. The fourth-order valence-corrected chi connectivity index (χ4v) is 4.67. The smallest absolute Gasteiger partial charge is 0.224 e. The van der Waals surface area contributed by atoms with Crippen LogP contribution in [-0.4, -0.2) is 42.0 Å². The van der Waals surface area contributed by atoms with Gasteiger partial charge in [-0.3, -0.25) is 4.79 Å². The number of aromatic nitrogens is 2. The first kappa shape index (κ1) is 22.6. The molecule has 1 fully saturated rings. The number of nitrogens with one attached hydrogen (secondary N) is 1. The second-order valence-corrected chi connectivity index (χ2v) is 9.22. The number of anilines is 1. The van der Waals surface area contributed by atoms with Crippen LogP contribution < -0.4 is 15.0 Å². The van der Waals surface area contributed by atoms with E-state index in [9.17, 15) is 4.79 Å². The summed E-state index contributed by atoms with van der Waals surface area (Å²) in [4.78, 5) is 19.3. The Hall–Kier alpha value is -2.64. The van der Waals surface area contributed by atoms with Crippen molar-refractivity contribution in [3.05, 3.63) is 70.5 Å². The topological polar surface area (TPSA) is 67.3 Å². The molecule has 1 N–H and O–H groups in total. The molecule has 4 rings (SSSR count). The van der Waals surface area contributed by atoms with Gasteiger partial charge >= 0.3 is 0 Å². The summed E-state index contributed by atoms with van der Waals surface area (Å²) >= 11 is 7.42. The Balaban J connectivity index is 1.20. The summed E-state index contributed by atoms with van der Waals surface area (Å²) in [6.07, 6.45) is 3.18. The Bertz CT molecular complexity index is 1020. The van der Waals surface area contributed by atoms with E-state index in [1.807, 2.05) is 48.5 Å². The number of ether oxygens (including phenoxy) is 1. The number of rotatable bonds is 8. The number of carbonyl (C=O) groups is 1. The average Bonchev–Trinajstić information content (AvgIpc) is 3.28. The summed E-state index contributed by atoms with van der Waals surface area (Å²) in [6, 6.07) is 15.4. The van der Waals surface area contributed by atoms with Crippen LogP contribution in [0.4, 0.5) is 5.13 Å². The van der Waals surface area contributed by atoms with Crippen LogP contribution in [0, 0.1) is 5.92 Å². The van der Waals surface area contributed by atoms with E-state index in [-0.39, 0.29) is 5.91 Å². The second-order valence-electron chi connectivity index (χ2n) is 8.06. The third kappa shape index (κ3) is 6.20. The van der Waals surface area contributed by atoms with Gasteiger partial charge in [0.1, 0.15) is 11.6 Å². The van der Waals surface area contributed by atoms with Crippen LogP contribution in [0.15, 0.2) is 48.5 Å². The van der Waals surface area contributed by atoms with Crippen molar-refractivity contribution in [3.8, 4) is 5.75 Å². The van der Waals surface area contributed by atoms with Gasteiger partial charge < -0.3 is 15.0 Å². The van der Waals surface area contributed by atoms with Gasteiger partial charge in [0, 0.05) is 42.6 Å². The lowest BCUT2D eigenvalue weighted by Crippen LogP contribution is -2.39. The Kier molecular flexibility index (Phi) is 7.60. The van der Waals surface area contributed by atoms with Crippen LogP contribution in [0.2, 0.25) is 5.02 Å². The highest BCUT2D eigenvalue weighted by Gasteiger charge is 2.22. The summed E-state index contributed by atoms with van der Waals surface area (Å²) in [6.45, 7) is 2.60. The fraction of sp³-hybridized carbons (Fsp3) is 0.375. The van der Waals surface area contributed by atoms with Gasteiger partial charge in [0.05, 0.1) is 13.5 Å². The lowest BCUT2D eigenvalue weighted by Gasteiger charge is -2.31. The number of carbonyl (C=O) groups excluding carboxylic acids is 1. The number of benzene rings is 2. The molecule has 2 aromatic carbocycles. The maximum Gasteiger partial charge on any atom is 0.224 e. The maximum atomic E-state index is 12.3. The molecule has 0 spiro atoms. The van der Waals surface area contributed by atoms with E-state index in [4.69, 9.17) is 21.3 Å². The summed E-state index contributed by atoms with van der Waals surface area (Å²) in [5.41, 5.74) is 2.15. The van der Waals surface area contributed by atoms with E-state index in [0.717, 1.165) is 65.3 Å². The average molecular weight is 471 g/mol. The predicted octanol–water partition coefficient (Wildman–Crippen LogP) is 4.37. The van der Waals surface area contributed by atoms with Crippen molar-refractivity contribution >= 4 is 34.2 Å². The SMILES string of the molecule is COc1ccc(CC(=O)NCC2CCN(c3nc(Cc4ccc(Cl)cc4)ns3)CC2)cc1. The monoisotopic (exact) mass is 470 g/mol.